The van der Waals surface area contributed by atoms with E-state index in [0.29, 0.717) is 17.3 Å². The summed E-state index contributed by atoms with van der Waals surface area (Å²) < 4.78 is 0. The summed E-state index contributed by atoms with van der Waals surface area (Å²) in [4.78, 5) is 13.0. The molecule has 2 aromatic heterocycles. The fourth-order valence-corrected chi connectivity index (χ4v) is 2.05. The van der Waals surface area contributed by atoms with E-state index in [-0.39, 0.29) is 6.54 Å². The summed E-state index contributed by atoms with van der Waals surface area (Å²) in [5.74, 6) is 0.941. The summed E-state index contributed by atoms with van der Waals surface area (Å²) >= 11 is 0. The highest BCUT2D eigenvalue weighted by Gasteiger charge is 2.08. The number of anilines is 1. The molecule has 90 valence electrons. The molecule has 4 N–H and O–H groups in total. The molecule has 0 saturated heterocycles. The van der Waals surface area contributed by atoms with Gasteiger partial charge in [-0.2, -0.15) is 0 Å². The summed E-state index contributed by atoms with van der Waals surface area (Å²) in [5.41, 5.74) is 14.1. The Bertz CT molecular complexity index is 751. The maximum absolute atomic E-state index is 5.92. The van der Waals surface area contributed by atoms with Crippen molar-refractivity contribution >= 4 is 27.8 Å². The van der Waals surface area contributed by atoms with Crippen molar-refractivity contribution in [1.29, 1.82) is 0 Å². The van der Waals surface area contributed by atoms with Crippen LogP contribution >= 0.6 is 0 Å². The number of aromatic nitrogens is 3. The number of rotatable bonds is 1. The average Bonchev–Trinajstić information content (AvgIpc) is 2.38. The van der Waals surface area contributed by atoms with Crippen LogP contribution < -0.4 is 11.5 Å². The first-order valence-corrected chi connectivity index (χ1v) is 5.71. The third kappa shape index (κ3) is 1.56. The van der Waals surface area contributed by atoms with Gasteiger partial charge in [0.2, 0.25) is 0 Å². The van der Waals surface area contributed by atoms with Gasteiger partial charge in [0.15, 0.2) is 5.65 Å². The molecule has 3 aromatic rings. The van der Waals surface area contributed by atoms with Gasteiger partial charge in [0, 0.05) is 5.39 Å². The van der Waals surface area contributed by atoms with E-state index in [4.69, 9.17) is 11.5 Å². The molecule has 0 radical (unpaired) electrons. The molecule has 0 aliphatic rings. The Morgan fingerprint density at radius 2 is 2.00 bits per heavy atom. The smallest absolute Gasteiger partial charge is 0.165 e. The van der Waals surface area contributed by atoms with Crippen molar-refractivity contribution in [3.05, 3.63) is 35.7 Å². The number of fused-ring (bicyclic) bond motifs is 2. The van der Waals surface area contributed by atoms with Gasteiger partial charge in [-0.05, 0) is 18.6 Å². The van der Waals surface area contributed by atoms with Crippen LogP contribution in [0.2, 0.25) is 0 Å². The van der Waals surface area contributed by atoms with Crippen LogP contribution in [0, 0.1) is 6.92 Å². The van der Waals surface area contributed by atoms with Crippen LogP contribution in [0.25, 0.3) is 21.9 Å². The largest absolute Gasteiger partial charge is 0.383 e. The monoisotopic (exact) mass is 239 g/mol. The van der Waals surface area contributed by atoms with Gasteiger partial charge in [0.05, 0.1) is 17.4 Å². The molecule has 18 heavy (non-hydrogen) atoms. The molecule has 0 atom stereocenters. The van der Waals surface area contributed by atoms with Crippen LogP contribution in [0.4, 0.5) is 5.82 Å². The van der Waals surface area contributed by atoms with Gasteiger partial charge in [-0.15, -0.1) is 0 Å². The quantitative estimate of drug-likeness (QED) is 0.628. The maximum atomic E-state index is 5.92. The minimum atomic E-state index is 0.258. The fraction of sp³-hybridized carbons (Fsp3) is 0.154. The highest BCUT2D eigenvalue weighted by Crippen LogP contribution is 2.23. The van der Waals surface area contributed by atoms with Crippen LogP contribution in [0.3, 0.4) is 0 Å². The van der Waals surface area contributed by atoms with Crippen LogP contribution in [-0.2, 0) is 6.54 Å². The van der Waals surface area contributed by atoms with Crippen molar-refractivity contribution in [3.63, 3.8) is 0 Å². The van der Waals surface area contributed by atoms with Crippen LogP contribution in [-0.4, -0.2) is 15.0 Å². The first kappa shape index (κ1) is 10.9. The van der Waals surface area contributed by atoms with E-state index in [1.807, 2.05) is 31.2 Å². The number of aryl methyl sites for hydroxylation is 1. The van der Waals surface area contributed by atoms with Gasteiger partial charge in [-0.25, -0.2) is 15.0 Å². The van der Waals surface area contributed by atoms with E-state index in [1.165, 1.54) is 0 Å². The third-order valence-electron chi connectivity index (χ3n) is 2.97. The molecule has 1 aromatic carbocycles. The predicted octanol–water partition coefficient (Wildman–Crippen LogP) is 1.53. The number of pyridine rings is 1. The summed E-state index contributed by atoms with van der Waals surface area (Å²) in [6.45, 7) is 2.28. The molecule has 0 saturated carbocycles. The van der Waals surface area contributed by atoms with Gasteiger partial charge in [0.25, 0.3) is 0 Å². The Hall–Kier alpha value is -2.27. The standard InChI is InChI=1S/C13H13N5/c1-7-3-2-4-8-5-9-12(15)16-10(6-14)17-13(9)18-11(7)8/h2-5H,6,14H2,1H3,(H2,15,16,17,18). The van der Waals surface area contributed by atoms with Gasteiger partial charge < -0.3 is 11.5 Å². The molecule has 0 fully saturated rings. The van der Waals surface area contributed by atoms with E-state index in [2.05, 4.69) is 15.0 Å². The average molecular weight is 239 g/mol. The summed E-state index contributed by atoms with van der Waals surface area (Å²) in [5, 5.41) is 1.81. The van der Waals surface area contributed by atoms with Gasteiger partial charge in [0.1, 0.15) is 11.6 Å². The van der Waals surface area contributed by atoms with Gasteiger partial charge >= 0.3 is 0 Å². The van der Waals surface area contributed by atoms with E-state index in [0.717, 1.165) is 21.9 Å². The van der Waals surface area contributed by atoms with Crippen molar-refractivity contribution in [1.82, 2.24) is 15.0 Å². The molecule has 0 spiro atoms. The van der Waals surface area contributed by atoms with Crippen LogP contribution in [0.1, 0.15) is 11.4 Å². The lowest BCUT2D eigenvalue weighted by molar-refractivity contribution is 0.926. The van der Waals surface area contributed by atoms with Crippen molar-refractivity contribution in [2.75, 3.05) is 5.73 Å². The minimum Gasteiger partial charge on any atom is -0.383 e. The van der Waals surface area contributed by atoms with Gasteiger partial charge in [-0.3, -0.25) is 0 Å². The molecule has 0 aliphatic carbocycles. The molecule has 5 heteroatoms. The highest BCUT2D eigenvalue weighted by atomic mass is 15.0. The minimum absolute atomic E-state index is 0.258. The Balaban J connectivity index is 2.45. The number of nitrogen functional groups attached to an aromatic ring is 1. The first-order valence-electron chi connectivity index (χ1n) is 5.71. The molecule has 0 bridgehead atoms. The Kier molecular flexibility index (Phi) is 2.34. The molecular weight excluding hydrogens is 226 g/mol. The SMILES string of the molecule is Cc1cccc2cc3c(N)nc(CN)nc3nc12. The van der Waals surface area contributed by atoms with E-state index in [1.54, 1.807) is 0 Å². The molecule has 2 heterocycles. The molecule has 0 aliphatic heterocycles. The second kappa shape index (κ2) is 3.89. The lowest BCUT2D eigenvalue weighted by atomic mass is 10.1. The highest BCUT2D eigenvalue weighted by molar-refractivity contribution is 5.96. The summed E-state index contributed by atoms with van der Waals surface area (Å²) in [6.07, 6.45) is 0. The van der Waals surface area contributed by atoms with Gasteiger partial charge in [-0.1, -0.05) is 18.2 Å². The number of hydrogen-bond acceptors (Lipinski definition) is 5. The first-order chi connectivity index (χ1) is 8.69. The number of benzene rings is 1. The maximum Gasteiger partial charge on any atom is 0.165 e. The van der Waals surface area contributed by atoms with Crippen LogP contribution in [0.5, 0.6) is 0 Å². The van der Waals surface area contributed by atoms with E-state index < -0.39 is 0 Å². The Morgan fingerprint density at radius 1 is 1.17 bits per heavy atom. The topological polar surface area (TPSA) is 90.7 Å². The third-order valence-corrected chi connectivity index (χ3v) is 2.97. The van der Waals surface area contributed by atoms with E-state index >= 15 is 0 Å². The second-order valence-corrected chi connectivity index (χ2v) is 4.24. The van der Waals surface area contributed by atoms with Crippen molar-refractivity contribution in [2.24, 2.45) is 5.73 Å². The normalized spacial score (nSPS) is 11.2. The lowest BCUT2D eigenvalue weighted by Crippen LogP contribution is -2.06. The van der Waals surface area contributed by atoms with Crippen molar-refractivity contribution < 1.29 is 0 Å². The fourth-order valence-electron chi connectivity index (χ4n) is 2.05. The molecule has 5 nitrogen and oxygen atoms in total. The number of nitrogens with zero attached hydrogens (tertiary/aromatic N) is 3. The van der Waals surface area contributed by atoms with Crippen LogP contribution in [0.15, 0.2) is 24.3 Å². The molecular formula is C13H13N5. The van der Waals surface area contributed by atoms with Crippen molar-refractivity contribution in [2.45, 2.75) is 13.5 Å². The molecule has 3 rings (SSSR count). The summed E-state index contributed by atoms with van der Waals surface area (Å²) in [7, 11) is 0. The Labute approximate surface area is 104 Å². The Morgan fingerprint density at radius 3 is 2.78 bits per heavy atom. The van der Waals surface area contributed by atoms with Crippen molar-refractivity contribution in [3.8, 4) is 0 Å². The zero-order valence-corrected chi connectivity index (χ0v) is 10.0. The number of nitrogens with two attached hydrogens (primary N) is 2. The van der Waals surface area contributed by atoms with E-state index in [9.17, 15) is 0 Å². The summed E-state index contributed by atoms with van der Waals surface area (Å²) in [6, 6.07) is 8.00. The lowest BCUT2D eigenvalue weighted by Gasteiger charge is -2.06. The molecule has 0 unspecified atom stereocenters. The number of para-hydroxylation sites is 1. The molecule has 0 amide bonds. The zero-order chi connectivity index (χ0) is 12.7. The predicted molar refractivity (Wildman–Crippen MR) is 71.9 cm³/mol. The second-order valence-electron chi connectivity index (χ2n) is 4.24. The number of hydrogen-bond donors (Lipinski definition) is 2. The zero-order valence-electron chi connectivity index (χ0n) is 10.0.